The monoisotopic (exact) mass is 308 g/mol. The Bertz CT molecular complexity index is 539. The van der Waals surface area contributed by atoms with E-state index in [2.05, 4.69) is 5.32 Å². The summed E-state index contributed by atoms with van der Waals surface area (Å²) in [6.45, 7) is 1.57. The Labute approximate surface area is 128 Å². The average Bonchev–Trinajstić information content (AvgIpc) is 2.50. The number of methoxy groups -OCH3 is 2. The minimum atomic E-state index is -0.990. The maximum Gasteiger partial charge on any atom is 0.305 e. The van der Waals surface area contributed by atoms with E-state index in [1.807, 2.05) is 17.0 Å². The van der Waals surface area contributed by atoms with Gasteiger partial charge < -0.3 is 19.9 Å². The van der Waals surface area contributed by atoms with Crippen LogP contribution in [0, 0.1) is 0 Å². The number of carbonyl (C=O) groups is 2. The summed E-state index contributed by atoms with van der Waals surface area (Å²) in [6.07, 6.45) is -0.215. The van der Waals surface area contributed by atoms with Gasteiger partial charge in [-0.15, -0.1) is 0 Å². The number of carboxylic acid groups (broad SMARTS) is 1. The zero-order valence-electron chi connectivity index (χ0n) is 12.7. The molecular formula is C15H20N2O5. The van der Waals surface area contributed by atoms with E-state index in [0.717, 1.165) is 5.56 Å². The molecule has 1 heterocycles. The molecule has 2 rings (SSSR count). The Hall–Kier alpha value is -2.28. The van der Waals surface area contributed by atoms with Crippen molar-refractivity contribution < 1.29 is 24.2 Å². The number of piperazine rings is 1. The van der Waals surface area contributed by atoms with Crippen LogP contribution >= 0.6 is 0 Å². The van der Waals surface area contributed by atoms with E-state index >= 15 is 0 Å². The molecule has 0 aliphatic carbocycles. The summed E-state index contributed by atoms with van der Waals surface area (Å²) in [6, 6.07) is 4.81. The molecule has 0 aromatic heterocycles. The molecule has 2 N–H and O–H groups in total. The van der Waals surface area contributed by atoms with Crippen molar-refractivity contribution in [1.82, 2.24) is 10.2 Å². The zero-order valence-corrected chi connectivity index (χ0v) is 12.7. The number of aliphatic carboxylic acids is 1. The van der Waals surface area contributed by atoms with E-state index < -0.39 is 12.0 Å². The molecule has 1 aliphatic heterocycles. The number of benzene rings is 1. The zero-order chi connectivity index (χ0) is 16.1. The van der Waals surface area contributed by atoms with Gasteiger partial charge in [0, 0.05) is 25.7 Å². The molecule has 0 saturated carbocycles. The van der Waals surface area contributed by atoms with Crippen molar-refractivity contribution in [2.45, 2.75) is 19.0 Å². The number of carbonyl (C=O) groups excluding carboxylic acids is 1. The summed E-state index contributed by atoms with van der Waals surface area (Å²) in [5, 5.41) is 11.7. The number of amides is 1. The summed E-state index contributed by atoms with van der Waals surface area (Å²) < 4.78 is 10.5. The minimum Gasteiger partial charge on any atom is -0.497 e. The molecule has 7 nitrogen and oxygen atoms in total. The number of nitrogens with one attached hydrogen (secondary N) is 1. The molecular weight excluding hydrogens is 288 g/mol. The first kappa shape index (κ1) is 16.1. The molecule has 1 saturated heterocycles. The van der Waals surface area contributed by atoms with Crippen molar-refractivity contribution in [1.29, 1.82) is 0 Å². The van der Waals surface area contributed by atoms with Crippen LogP contribution < -0.4 is 14.8 Å². The number of hydrogen-bond donors (Lipinski definition) is 2. The van der Waals surface area contributed by atoms with Crippen LogP contribution in [-0.2, 0) is 16.1 Å². The van der Waals surface area contributed by atoms with Gasteiger partial charge in [0.15, 0.2) is 0 Å². The van der Waals surface area contributed by atoms with Gasteiger partial charge in [-0.1, -0.05) is 0 Å². The SMILES string of the molecule is COc1cc(CN2CCNC(=O)[C@@H]2CC(=O)O)cc(OC)c1. The van der Waals surface area contributed by atoms with Crippen LogP contribution in [0.4, 0.5) is 0 Å². The van der Waals surface area contributed by atoms with Gasteiger partial charge in [-0.3, -0.25) is 14.5 Å². The van der Waals surface area contributed by atoms with Gasteiger partial charge in [0.25, 0.3) is 0 Å². The number of rotatable bonds is 6. The van der Waals surface area contributed by atoms with Crippen LogP contribution in [0.3, 0.4) is 0 Å². The van der Waals surface area contributed by atoms with Crippen molar-refractivity contribution in [3.05, 3.63) is 23.8 Å². The molecule has 0 bridgehead atoms. The Balaban J connectivity index is 2.19. The fraction of sp³-hybridized carbons (Fsp3) is 0.467. The van der Waals surface area contributed by atoms with Crippen LogP contribution in [-0.4, -0.2) is 55.2 Å². The Morgan fingerprint density at radius 3 is 2.50 bits per heavy atom. The highest BCUT2D eigenvalue weighted by Crippen LogP contribution is 2.24. The van der Waals surface area contributed by atoms with Gasteiger partial charge in [-0.2, -0.15) is 0 Å². The van der Waals surface area contributed by atoms with Gasteiger partial charge in [-0.25, -0.2) is 0 Å². The largest absolute Gasteiger partial charge is 0.497 e. The summed E-state index contributed by atoms with van der Waals surface area (Å²) in [5.74, 6) is 0.0787. The summed E-state index contributed by atoms with van der Waals surface area (Å²) >= 11 is 0. The fourth-order valence-electron chi connectivity index (χ4n) is 2.53. The molecule has 22 heavy (non-hydrogen) atoms. The van der Waals surface area contributed by atoms with E-state index in [-0.39, 0.29) is 12.3 Å². The molecule has 120 valence electrons. The fourth-order valence-corrected chi connectivity index (χ4v) is 2.53. The van der Waals surface area contributed by atoms with Crippen molar-refractivity contribution in [2.24, 2.45) is 0 Å². The standard InChI is InChI=1S/C15H20N2O5/c1-21-11-5-10(6-12(7-11)22-2)9-17-4-3-16-15(20)13(17)8-14(18)19/h5-7,13H,3-4,8-9H2,1-2H3,(H,16,20)(H,18,19)/t13-/m0/s1. The van der Waals surface area contributed by atoms with Gasteiger partial charge in [0.1, 0.15) is 17.5 Å². The minimum absolute atomic E-state index is 0.215. The van der Waals surface area contributed by atoms with Gasteiger partial charge >= 0.3 is 5.97 Å². The summed E-state index contributed by atoms with van der Waals surface area (Å²) in [7, 11) is 3.14. The lowest BCUT2D eigenvalue weighted by molar-refractivity contribution is -0.143. The van der Waals surface area contributed by atoms with Crippen LogP contribution in [0.2, 0.25) is 0 Å². The van der Waals surface area contributed by atoms with E-state index in [1.165, 1.54) is 0 Å². The third kappa shape index (κ3) is 3.88. The Morgan fingerprint density at radius 1 is 1.32 bits per heavy atom. The molecule has 0 spiro atoms. The molecule has 1 aromatic carbocycles. The highest BCUT2D eigenvalue weighted by Gasteiger charge is 2.31. The van der Waals surface area contributed by atoms with Crippen molar-refractivity contribution in [3.63, 3.8) is 0 Å². The van der Waals surface area contributed by atoms with Crippen LogP contribution in [0.1, 0.15) is 12.0 Å². The van der Waals surface area contributed by atoms with Crippen molar-refractivity contribution >= 4 is 11.9 Å². The Morgan fingerprint density at radius 2 is 1.95 bits per heavy atom. The first-order valence-electron chi connectivity index (χ1n) is 6.99. The first-order chi connectivity index (χ1) is 10.5. The number of ether oxygens (including phenoxy) is 2. The third-order valence-electron chi connectivity index (χ3n) is 3.61. The number of carboxylic acids is 1. The first-order valence-corrected chi connectivity index (χ1v) is 6.99. The van der Waals surface area contributed by atoms with Crippen LogP contribution in [0.25, 0.3) is 0 Å². The lowest BCUT2D eigenvalue weighted by Crippen LogP contribution is -2.55. The van der Waals surface area contributed by atoms with E-state index in [1.54, 1.807) is 20.3 Å². The third-order valence-corrected chi connectivity index (χ3v) is 3.61. The Kier molecular flexibility index (Phi) is 5.21. The smallest absolute Gasteiger partial charge is 0.305 e. The van der Waals surface area contributed by atoms with Crippen LogP contribution in [0.15, 0.2) is 18.2 Å². The number of hydrogen-bond acceptors (Lipinski definition) is 5. The molecule has 1 aromatic rings. The maximum atomic E-state index is 11.9. The predicted molar refractivity (Wildman–Crippen MR) is 79.0 cm³/mol. The highest BCUT2D eigenvalue weighted by molar-refractivity contribution is 5.86. The molecule has 1 fully saturated rings. The van der Waals surface area contributed by atoms with E-state index in [4.69, 9.17) is 14.6 Å². The normalized spacial score (nSPS) is 18.6. The highest BCUT2D eigenvalue weighted by atomic mass is 16.5. The summed E-state index contributed by atoms with van der Waals surface area (Å²) in [4.78, 5) is 24.7. The lowest BCUT2D eigenvalue weighted by Gasteiger charge is -2.34. The average molecular weight is 308 g/mol. The van der Waals surface area contributed by atoms with E-state index in [9.17, 15) is 9.59 Å². The molecule has 1 atom stereocenters. The number of nitrogens with zero attached hydrogens (tertiary/aromatic N) is 1. The topological polar surface area (TPSA) is 88.1 Å². The second kappa shape index (κ2) is 7.13. The van der Waals surface area contributed by atoms with E-state index in [0.29, 0.717) is 31.1 Å². The molecule has 1 aliphatic rings. The second-order valence-corrected chi connectivity index (χ2v) is 5.10. The molecule has 0 unspecified atom stereocenters. The van der Waals surface area contributed by atoms with Crippen LogP contribution in [0.5, 0.6) is 11.5 Å². The van der Waals surface area contributed by atoms with Gasteiger partial charge in [0.2, 0.25) is 5.91 Å². The van der Waals surface area contributed by atoms with Crippen molar-refractivity contribution in [2.75, 3.05) is 27.3 Å². The summed E-state index contributed by atoms with van der Waals surface area (Å²) in [5.41, 5.74) is 0.904. The van der Waals surface area contributed by atoms with Gasteiger partial charge in [-0.05, 0) is 17.7 Å². The molecule has 0 radical (unpaired) electrons. The lowest BCUT2D eigenvalue weighted by atomic mass is 10.1. The quantitative estimate of drug-likeness (QED) is 0.795. The van der Waals surface area contributed by atoms with Crippen molar-refractivity contribution in [3.8, 4) is 11.5 Å². The van der Waals surface area contributed by atoms with Gasteiger partial charge in [0.05, 0.1) is 20.6 Å². The molecule has 1 amide bonds. The second-order valence-electron chi connectivity index (χ2n) is 5.10. The maximum absolute atomic E-state index is 11.9. The predicted octanol–water partition coefficient (Wildman–Crippen LogP) is 0.479. The molecule has 7 heteroatoms.